The van der Waals surface area contributed by atoms with Crippen molar-refractivity contribution in [2.24, 2.45) is 19.8 Å². The normalized spacial score (nSPS) is 16.5. The minimum absolute atomic E-state index is 0.0407. The third-order valence-electron chi connectivity index (χ3n) is 2.01. The van der Waals surface area contributed by atoms with Gasteiger partial charge >= 0.3 is 124 Å². The molecule has 15 nitrogen and oxygen atoms in total. The van der Waals surface area contributed by atoms with Crippen molar-refractivity contribution in [2.75, 3.05) is 12.8 Å². The zero-order chi connectivity index (χ0) is 17.7. The van der Waals surface area contributed by atoms with Gasteiger partial charge in [-0.2, -0.15) is 0 Å². The molecule has 0 saturated carbocycles. The predicted molar refractivity (Wildman–Crippen MR) is 85.0 cm³/mol. The van der Waals surface area contributed by atoms with Crippen LogP contribution in [0.3, 0.4) is 0 Å². The molecule has 134 valence electrons. The van der Waals surface area contributed by atoms with Crippen LogP contribution in [0.15, 0.2) is 19.8 Å². The van der Waals surface area contributed by atoms with Crippen molar-refractivity contribution in [3.63, 3.8) is 0 Å². The van der Waals surface area contributed by atoms with Gasteiger partial charge in [-0.3, -0.25) is 0 Å². The first kappa shape index (κ1) is 21.8. The summed E-state index contributed by atoms with van der Waals surface area (Å²) in [5.41, 5.74) is 0. The summed E-state index contributed by atoms with van der Waals surface area (Å²) in [5.74, 6) is 0. The molecule has 0 heterocycles. The molecule has 0 fully saturated rings. The molecule has 0 aromatic rings. The van der Waals surface area contributed by atoms with Gasteiger partial charge in [-0.05, 0) is 0 Å². The molecular weight excluding hydrogens is 392 g/mol. The van der Waals surface area contributed by atoms with Crippen molar-refractivity contribution < 1.29 is 32.5 Å². The SMILES string of the molecule is CC[PH](C)(O)O[PH](O)(N=O)O[PH](O)(N=O)O[PH](O)(N=O)N=O. The van der Waals surface area contributed by atoms with E-state index in [4.69, 9.17) is 4.89 Å². The molecule has 0 unspecified atom stereocenters. The third kappa shape index (κ3) is 6.53. The summed E-state index contributed by atoms with van der Waals surface area (Å²) >= 11 is 0. The Morgan fingerprint density at radius 3 is 1.50 bits per heavy atom. The van der Waals surface area contributed by atoms with Gasteiger partial charge in [0.05, 0.1) is 0 Å². The average molecular weight is 408 g/mol. The zero-order valence-corrected chi connectivity index (χ0v) is 15.1. The van der Waals surface area contributed by atoms with Crippen molar-refractivity contribution in [1.29, 1.82) is 0 Å². The first-order valence-corrected chi connectivity index (χ1v) is 13.0. The Bertz CT molecular complexity index is 443. The van der Waals surface area contributed by atoms with E-state index in [2.05, 4.69) is 17.9 Å². The van der Waals surface area contributed by atoms with Gasteiger partial charge in [0.25, 0.3) is 0 Å². The number of hydrogen-bond acceptors (Lipinski definition) is 15. The van der Waals surface area contributed by atoms with Crippen LogP contribution in [-0.4, -0.2) is 32.4 Å². The molecule has 0 aromatic heterocycles. The summed E-state index contributed by atoms with van der Waals surface area (Å²) in [5, 5.41) is 0. The van der Waals surface area contributed by atoms with Gasteiger partial charge in [0.15, 0.2) is 0 Å². The molecule has 0 saturated heterocycles. The maximum absolute atomic E-state index is 10.6. The van der Waals surface area contributed by atoms with Crippen LogP contribution >= 0.6 is 31.9 Å². The van der Waals surface area contributed by atoms with Crippen molar-refractivity contribution in [2.45, 2.75) is 6.92 Å². The van der Waals surface area contributed by atoms with E-state index in [0.29, 0.717) is 0 Å². The van der Waals surface area contributed by atoms with Crippen LogP contribution in [0.25, 0.3) is 0 Å². The summed E-state index contributed by atoms with van der Waals surface area (Å²) in [6, 6.07) is 0. The van der Waals surface area contributed by atoms with E-state index < -0.39 is 31.9 Å². The number of nitroso groups, excluding NO2 is 4. The van der Waals surface area contributed by atoms with Gasteiger partial charge in [-0.15, -0.1) is 0 Å². The molecular formula is C3H16N4O11P4. The average Bonchev–Trinajstić information content (AvgIpc) is 2.46. The Kier molecular flexibility index (Phi) is 8.03. The van der Waals surface area contributed by atoms with E-state index in [0.717, 1.165) is 6.66 Å². The standard InChI is InChI=1S/C3H16N4O11P4/c1-3-19(2,12)16-21(14,6-10)18-22(15,7-11)17-20(13,4-8)5-9/h12-15,19-22H,3H2,1-2H3. The van der Waals surface area contributed by atoms with Crippen molar-refractivity contribution in [3.05, 3.63) is 19.6 Å². The molecule has 0 aromatic carbocycles. The fourth-order valence-electron chi connectivity index (χ4n) is 0.880. The second-order valence-electron chi connectivity index (χ2n) is 3.87. The molecule has 0 spiro atoms. The van der Waals surface area contributed by atoms with E-state index in [1.165, 1.54) is 6.92 Å². The molecule has 22 heavy (non-hydrogen) atoms. The molecule has 0 bridgehead atoms. The van der Waals surface area contributed by atoms with Crippen LogP contribution in [0, 0.1) is 19.6 Å². The molecule has 0 aliphatic heterocycles. The number of rotatable bonds is 11. The molecule has 0 aliphatic rings. The fourth-order valence-corrected chi connectivity index (χ4v) is 8.57. The van der Waals surface area contributed by atoms with Gasteiger partial charge < -0.3 is 0 Å². The Morgan fingerprint density at radius 2 is 1.18 bits per heavy atom. The van der Waals surface area contributed by atoms with Gasteiger partial charge in [0.2, 0.25) is 0 Å². The molecule has 0 radical (unpaired) electrons. The Labute approximate surface area is 124 Å². The van der Waals surface area contributed by atoms with Gasteiger partial charge in [-0.25, -0.2) is 0 Å². The van der Waals surface area contributed by atoms with Gasteiger partial charge in [0, 0.05) is 0 Å². The summed E-state index contributed by atoms with van der Waals surface area (Å²) in [4.78, 5) is 87.3. The van der Waals surface area contributed by atoms with Crippen LogP contribution < -0.4 is 0 Å². The summed E-state index contributed by atoms with van der Waals surface area (Å²) in [7, 11) is -19.8. The monoisotopic (exact) mass is 408 g/mol. The molecule has 0 rings (SSSR count). The number of nitrogens with zero attached hydrogens (tertiary/aromatic N) is 4. The first-order chi connectivity index (χ1) is 9.92. The summed E-state index contributed by atoms with van der Waals surface area (Å²) < 4.78 is 12.8. The molecule has 19 heteroatoms. The second-order valence-corrected chi connectivity index (χ2v) is 13.4. The first-order valence-electron chi connectivity index (χ1n) is 5.30. The Balaban J connectivity index is 5.39. The van der Waals surface area contributed by atoms with E-state index >= 15 is 0 Å². The molecule has 0 amide bonds. The van der Waals surface area contributed by atoms with Crippen molar-refractivity contribution in [3.8, 4) is 0 Å². The quantitative estimate of drug-likeness (QED) is 0.283. The predicted octanol–water partition coefficient (Wildman–Crippen LogP) is 1.53. The zero-order valence-electron chi connectivity index (χ0n) is 11.1. The molecule has 4 N–H and O–H groups in total. The third-order valence-corrected chi connectivity index (χ3v) is 11.4. The van der Waals surface area contributed by atoms with Crippen LogP contribution in [0.4, 0.5) is 0 Å². The minimum atomic E-state index is -5.57. The second kappa shape index (κ2) is 8.09. The van der Waals surface area contributed by atoms with Crippen LogP contribution in [0.5, 0.6) is 0 Å². The van der Waals surface area contributed by atoms with Crippen molar-refractivity contribution >= 4 is 31.9 Å². The number of hydrogen-bond donors (Lipinski definition) is 4. The molecule has 0 aliphatic carbocycles. The Morgan fingerprint density at radius 1 is 0.773 bits per heavy atom. The maximum atomic E-state index is 10.6. The van der Waals surface area contributed by atoms with E-state index in [1.54, 1.807) is 9.89 Å². The topological polar surface area (TPSA) is 226 Å². The molecule has 0 atom stereocenters. The van der Waals surface area contributed by atoms with Crippen molar-refractivity contribution in [1.82, 2.24) is 0 Å². The Hall–Kier alpha value is -0.160. The summed E-state index contributed by atoms with van der Waals surface area (Å²) in [6.45, 7) is 2.56. The van der Waals surface area contributed by atoms with Crippen LogP contribution in [0.2, 0.25) is 0 Å². The summed E-state index contributed by atoms with van der Waals surface area (Å²) in [6.07, 6.45) is -0.0407. The van der Waals surface area contributed by atoms with E-state index in [9.17, 15) is 34.3 Å². The fraction of sp³-hybridized carbons (Fsp3) is 1.00. The van der Waals surface area contributed by atoms with E-state index in [1.807, 2.05) is 4.95 Å². The van der Waals surface area contributed by atoms with Gasteiger partial charge in [0.1, 0.15) is 0 Å². The van der Waals surface area contributed by atoms with Gasteiger partial charge in [-0.1, -0.05) is 0 Å². The van der Waals surface area contributed by atoms with Crippen LogP contribution in [-0.2, 0) is 12.9 Å². The van der Waals surface area contributed by atoms with E-state index in [-0.39, 0.29) is 6.16 Å². The van der Waals surface area contributed by atoms with Crippen LogP contribution in [0.1, 0.15) is 6.92 Å².